The fraction of sp³-hybridized carbons (Fsp3) is 0.333. The summed E-state index contributed by atoms with van der Waals surface area (Å²) in [5, 5.41) is 0. The van der Waals surface area contributed by atoms with Crippen molar-refractivity contribution in [3.05, 3.63) is 53.6 Å². The molecule has 0 saturated heterocycles. The number of hydrogen-bond donors (Lipinski definition) is 0. The predicted molar refractivity (Wildman–Crippen MR) is 84.5 cm³/mol. The van der Waals surface area contributed by atoms with Crippen molar-refractivity contribution in [2.24, 2.45) is 0 Å². The summed E-state index contributed by atoms with van der Waals surface area (Å²) in [6, 6.07) is 13.8. The molecule has 0 radical (unpaired) electrons. The van der Waals surface area contributed by atoms with E-state index in [-0.39, 0.29) is 0 Å². The van der Waals surface area contributed by atoms with Gasteiger partial charge in [-0.15, -0.1) is 0 Å². The van der Waals surface area contributed by atoms with Crippen LogP contribution >= 0.6 is 0 Å². The highest BCUT2D eigenvalue weighted by Gasteiger charge is 2.02. The van der Waals surface area contributed by atoms with Gasteiger partial charge in [-0.1, -0.05) is 18.2 Å². The van der Waals surface area contributed by atoms with E-state index in [2.05, 4.69) is 26.0 Å². The molecule has 0 N–H and O–H groups in total. The highest BCUT2D eigenvalue weighted by atomic mass is 16.5. The van der Waals surface area contributed by atoms with Crippen molar-refractivity contribution in [3.8, 4) is 17.2 Å². The molecule has 0 fully saturated rings. The van der Waals surface area contributed by atoms with Crippen molar-refractivity contribution in [3.63, 3.8) is 0 Å². The lowest BCUT2D eigenvalue weighted by Crippen LogP contribution is -2.05. The molecule has 3 nitrogen and oxygen atoms in total. The van der Waals surface area contributed by atoms with E-state index in [1.54, 1.807) is 7.11 Å². The Labute approximate surface area is 126 Å². The molecule has 0 aliphatic carbocycles. The van der Waals surface area contributed by atoms with Gasteiger partial charge in [0, 0.05) is 6.42 Å². The van der Waals surface area contributed by atoms with Gasteiger partial charge in [-0.3, -0.25) is 0 Å². The van der Waals surface area contributed by atoms with Crippen LogP contribution in [0, 0.1) is 13.8 Å². The maximum atomic E-state index is 5.73. The van der Waals surface area contributed by atoms with E-state index in [1.807, 2.05) is 30.3 Å². The van der Waals surface area contributed by atoms with Gasteiger partial charge in [-0.25, -0.2) is 0 Å². The Morgan fingerprint density at radius 2 is 1.52 bits per heavy atom. The van der Waals surface area contributed by atoms with Gasteiger partial charge in [0.25, 0.3) is 0 Å². The fourth-order valence-corrected chi connectivity index (χ4v) is 1.97. The normalized spacial score (nSPS) is 10.2. The molecule has 21 heavy (non-hydrogen) atoms. The summed E-state index contributed by atoms with van der Waals surface area (Å²) in [5.74, 6) is 2.44. The quantitative estimate of drug-likeness (QED) is 0.715. The predicted octanol–water partition coefficient (Wildman–Crippen LogP) is 4.16. The summed E-state index contributed by atoms with van der Waals surface area (Å²) < 4.78 is 16.7. The molecule has 2 rings (SSSR count). The minimum atomic E-state index is 0.602. The Kier molecular flexibility index (Phi) is 5.50. The van der Waals surface area contributed by atoms with Crippen LogP contribution in [-0.4, -0.2) is 20.3 Å². The maximum absolute atomic E-state index is 5.73. The molecule has 0 unspecified atom stereocenters. The number of ether oxygens (including phenoxy) is 3. The number of methoxy groups -OCH3 is 1. The number of benzene rings is 2. The first-order valence-corrected chi connectivity index (χ1v) is 7.16. The second-order valence-electron chi connectivity index (χ2n) is 4.95. The van der Waals surface area contributed by atoms with Gasteiger partial charge in [-0.2, -0.15) is 0 Å². The van der Waals surface area contributed by atoms with Gasteiger partial charge in [0.2, 0.25) is 0 Å². The number of rotatable bonds is 7. The SMILES string of the molecule is COc1ccccc1OCCCOc1ccc(C)c(C)c1. The monoisotopic (exact) mass is 286 g/mol. The second-order valence-corrected chi connectivity index (χ2v) is 4.95. The van der Waals surface area contributed by atoms with E-state index in [4.69, 9.17) is 14.2 Å². The number of para-hydroxylation sites is 2. The highest BCUT2D eigenvalue weighted by Crippen LogP contribution is 2.25. The van der Waals surface area contributed by atoms with Gasteiger partial charge < -0.3 is 14.2 Å². The largest absolute Gasteiger partial charge is 0.493 e. The molecule has 0 aliphatic heterocycles. The summed E-state index contributed by atoms with van der Waals surface area (Å²) in [4.78, 5) is 0. The standard InChI is InChI=1S/C18H22O3/c1-14-9-10-16(13-15(14)2)20-11-6-12-21-18-8-5-4-7-17(18)19-3/h4-5,7-10,13H,6,11-12H2,1-3H3. The zero-order valence-electron chi connectivity index (χ0n) is 12.9. The lowest BCUT2D eigenvalue weighted by atomic mass is 10.1. The van der Waals surface area contributed by atoms with E-state index in [9.17, 15) is 0 Å². The first-order valence-electron chi connectivity index (χ1n) is 7.16. The van der Waals surface area contributed by atoms with Crippen LogP contribution in [0.1, 0.15) is 17.5 Å². The molecule has 112 valence electrons. The Morgan fingerprint density at radius 3 is 2.24 bits per heavy atom. The molecule has 3 heteroatoms. The Bertz CT molecular complexity index is 578. The van der Waals surface area contributed by atoms with Crippen LogP contribution < -0.4 is 14.2 Å². The van der Waals surface area contributed by atoms with E-state index in [0.717, 1.165) is 23.7 Å². The van der Waals surface area contributed by atoms with Gasteiger partial charge in [-0.05, 0) is 49.2 Å². The van der Waals surface area contributed by atoms with Crippen LogP contribution in [0.5, 0.6) is 17.2 Å². The number of aryl methyl sites for hydroxylation is 2. The topological polar surface area (TPSA) is 27.7 Å². The van der Waals surface area contributed by atoms with Crippen LogP contribution in [-0.2, 0) is 0 Å². The first-order chi connectivity index (χ1) is 10.2. The summed E-state index contributed by atoms with van der Waals surface area (Å²) >= 11 is 0. The smallest absolute Gasteiger partial charge is 0.161 e. The molecule has 0 aliphatic rings. The van der Waals surface area contributed by atoms with E-state index >= 15 is 0 Å². The van der Waals surface area contributed by atoms with E-state index < -0.39 is 0 Å². The third kappa shape index (κ3) is 4.42. The molecule has 0 atom stereocenters. The highest BCUT2D eigenvalue weighted by molar-refractivity contribution is 5.39. The van der Waals surface area contributed by atoms with Gasteiger partial charge in [0.05, 0.1) is 20.3 Å². The zero-order chi connectivity index (χ0) is 15.1. The molecule has 0 bridgehead atoms. The summed E-state index contributed by atoms with van der Waals surface area (Å²) in [7, 11) is 1.64. The van der Waals surface area contributed by atoms with Crippen LogP contribution in [0.3, 0.4) is 0 Å². The third-order valence-corrected chi connectivity index (χ3v) is 3.36. The third-order valence-electron chi connectivity index (χ3n) is 3.36. The lowest BCUT2D eigenvalue weighted by molar-refractivity contribution is 0.240. The lowest BCUT2D eigenvalue weighted by Gasteiger charge is -2.11. The molecular weight excluding hydrogens is 264 g/mol. The van der Waals surface area contributed by atoms with E-state index in [0.29, 0.717) is 13.2 Å². The molecule has 0 heterocycles. The van der Waals surface area contributed by atoms with Crippen LogP contribution in [0.4, 0.5) is 0 Å². The molecular formula is C18H22O3. The second kappa shape index (κ2) is 7.58. The summed E-state index contributed by atoms with van der Waals surface area (Å²) in [6.45, 7) is 5.43. The van der Waals surface area contributed by atoms with Crippen molar-refractivity contribution >= 4 is 0 Å². The minimum Gasteiger partial charge on any atom is -0.493 e. The number of hydrogen-bond acceptors (Lipinski definition) is 3. The van der Waals surface area contributed by atoms with Crippen LogP contribution in [0.2, 0.25) is 0 Å². The molecule has 0 saturated carbocycles. The Morgan fingerprint density at radius 1 is 0.810 bits per heavy atom. The summed E-state index contributed by atoms with van der Waals surface area (Å²) in [6.07, 6.45) is 0.824. The molecule has 0 amide bonds. The van der Waals surface area contributed by atoms with Crippen molar-refractivity contribution in [2.45, 2.75) is 20.3 Å². The van der Waals surface area contributed by atoms with Crippen molar-refractivity contribution in [1.29, 1.82) is 0 Å². The molecule has 0 aromatic heterocycles. The van der Waals surface area contributed by atoms with Gasteiger partial charge in [0.1, 0.15) is 5.75 Å². The van der Waals surface area contributed by atoms with Crippen molar-refractivity contribution in [2.75, 3.05) is 20.3 Å². The van der Waals surface area contributed by atoms with Crippen LogP contribution in [0.25, 0.3) is 0 Å². The summed E-state index contributed by atoms with van der Waals surface area (Å²) in [5.41, 5.74) is 2.53. The molecule has 2 aromatic rings. The minimum absolute atomic E-state index is 0.602. The zero-order valence-corrected chi connectivity index (χ0v) is 12.9. The average Bonchev–Trinajstić information content (AvgIpc) is 2.51. The fourth-order valence-electron chi connectivity index (χ4n) is 1.97. The van der Waals surface area contributed by atoms with Gasteiger partial charge >= 0.3 is 0 Å². The van der Waals surface area contributed by atoms with Gasteiger partial charge in [0.15, 0.2) is 11.5 Å². The molecule has 0 spiro atoms. The van der Waals surface area contributed by atoms with Crippen molar-refractivity contribution in [1.82, 2.24) is 0 Å². The average molecular weight is 286 g/mol. The Hall–Kier alpha value is -2.16. The maximum Gasteiger partial charge on any atom is 0.161 e. The first kappa shape index (κ1) is 15.2. The van der Waals surface area contributed by atoms with Crippen LogP contribution in [0.15, 0.2) is 42.5 Å². The molecule has 2 aromatic carbocycles. The Balaban J connectivity index is 1.73. The van der Waals surface area contributed by atoms with E-state index in [1.165, 1.54) is 11.1 Å². The van der Waals surface area contributed by atoms with Crippen molar-refractivity contribution < 1.29 is 14.2 Å².